The molecule has 1 aliphatic heterocycles. The average Bonchev–Trinajstić information content (AvgIpc) is 3.20. The molecule has 2 aromatic rings. The van der Waals surface area contributed by atoms with E-state index in [2.05, 4.69) is 53.2 Å². The maximum atomic E-state index is 5.81. The number of hydrogen-bond donors (Lipinski definition) is 0. The van der Waals surface area contributed by atoms with Gasteiger partial charge >= 0.3 is 0 Å². The molecule has 3 rings (SSSR count). The fraction of sp³-hybridized carbons (Fsp3) is 0.579. The van der Waals surface area contributed by atoms with Gasteiger partial charge in [-0.05, 0) is 24.3 Å². The Morgan fingerprint density at radius 2 is 2.04 bits per heavy atom. The van der Waals surface area contributed by atoms with Crippen LogP contribution in [0.15, 0.2) is 34.9 Å². The van der Waals surface area contributed by atoms with Gasteiger partial charge in [0.25, 0.3) is 0 Å². The molecule has 1 saturated heterocycles. The van der Waals surface area contributed by atoms with E-state index in [1.54, 1.807) is 0 Å². The molecule has 1 aromatic carbocycles. The van der Waals surface area contributed by atoms with Gasteiger partial charge in [0, 0.05) is 26.1 Å². The molecule has 0 spiro atoms. The molecular formula is C19H27N3O2. The second-order valence-electron chi connectivity index (χ2n) is 6.99. The summed E-state index contributed by atoms with van der Waals surface area (Å²) < 4.78 is 11.2. The highest BCUT2D eigenvalue weighted by atomic mass is 16.5. The van der Waals surface area contributed by atoms with Crippen molar-refractivity contribution in [1.82, 2.24) is 15.0 Å². The molecule has 1 unspecified atom stereocenters. The van der Waals surface area contributed by atoms with Crippen molar-refractivity contribution in [2.75, 3.05) is 13.2 Å². The first-order valence-electron chi connectivity index (χ1n) is 8.88. The normalized spacial score (nSPS) is 17.9. The van der Waals surface area contributed by atoms with Crippen molar-refractivity contribution in [2.45, 2.75) is 52.3 Å². The third kappa shape index (κ3) is 5.14. The molecule has 2 heterocycles. The van der Waals surface area contributed by atoms with Crippen LogP contribution < -0.4 is 0 Å². The minimum absolute atomic E-state index is 0.316. The van der Waals surface area contributed by atoms with E-state index in [0.29, 0.717) is 18.6 Å². The van der Waals surface area contributed by atoms with E-state index < -0.39 is 0 Å². The largest absolute Gasteiger partial charge is 0.377 e. The van der Waals surface area contributed by atoms with Crippen LogP contribution in [0.3, 0.4) is 0 Å². The van der Waals surface area contributed by atoms with E-state index in [9.17, 15) is 0 Å². The van der Waals surface area contributed by atoms with Crippen LogP contribution in [-0.4, -0.2) is 34.3 Å². The minimum Gasteiger partial charge on any atom is -0.377 e. The molecular weight excluding hydrogens is 302 g/mol. The molecule has 0 bridgehead atoms. The van der Waals surface area contributed by atoms with E-state index in [4.69, 9.17) is 9.26 Å². The first kappa shape index (κ1) is 17.1. The quantitative estimate of drug-likeness (QED) is 0.742. The van der Waals surface area contributed by atoms with Crippen molar-refractivity contribution in [2.24, 2.45) is 5.92 Å². The number of benzene rings is 1. The van der Waals surface area contributed by atoms with E-state index in [1.165, 1.54) is 5.56 Å². The van der Waals surface area contributed by atoms with Gasteiger partial charge in [0.2, 0.25) is 5.89 Å². The summed E-state index contributed by atoms with van der Waals surface area (Å²) in [5.74, 6) is 2.02. The maximum absolute atomic E-state index is 5.81. The molecule has 0 N–H and O–H groups in total. The zero-order valence-electron chi connectivity index (χ0n) is 14.6. The lowest BCUT2D eigenvalue weighted by atomic mass is 10.1. The Kier molecular flexibility index (Phi) is 5.99. The highest BCUT2D eigenvalue weighted by Gasteiger charge is 2.21. The molecule has 130 valence electrons. The summed E-state index contributed by atoms with van der Waals surface area (Å²) in [5.41, 5.74) is 1.29. The summed E-state index contributed by atoms with van der Waals surface area (Å²) in [6, 6.07) is 10.5. The predicted octanol–water partition coefficient (Wildman–Crippen LogP) is 3.45. The van der Waals surface area contributed by atoms with Gasteiger partial charge in [-0.3, -0.25) is 4.90 Å². The van der Waals surface area contributed by atoms with Crippen LogP contribution in [0.25, 0.3) is 0 Å². The van der Waals surface area contributed by atoms with Gasteiger partial charge in [0.15, 0.2) is 5.82 Å². The van der Waals surface area contributed by atoms with Gasteiger partial charge in [-0.2, -0.15) is 4.98 Å². The molecule has 0 aliphatic carbocycles. The first-order valence-corrected chi connectivity index (χ1v) is 8.88. The van der Waals surface area contributed by atoms with E-state index >= 15 is 0 Å². The fourth-order valence-electron chi connectivity index (χ4n) is 3.09. The lowest BCUT2D eigenvalue weighted by Gasteiger charge is -2.24. The summed E-state index contributed by atoms with van der Waals surface area (Å²) in [6.07, 6.45) is 3.44. The molecule has 0 radical (unpaired) electrons. The number of aromatic nitrogens is 2. The second kappa shape index (κ2) is 8.40. The van der Waals surface area contributed by atoms with Crippen molar-refractivity contribution in [3.63, 3.8) is 0 Å². The van der Waals surface area contributed by atoms with Gasteiger partial charge in [-0.1, -0.05) is 49.3 Å². The zero-order chi connectivity index (χ0) is 16.8. The third-order valence-electron chi connectivity index (χ3n) is 4.19. The van der Waals surface area contributed by atoms with Crippen LogP contribution in [0.1, 0.15) is 44.0 Å². The number of rotatable bonds is 8. The maximum Gasteiger partial charge on any atom is 0.226 e. The fourth-order valence-corrected chi connectivity index (χ4v) is 3.09. The Bertz CT molecular complexity index is 606. The van der Waals surface area contributed by atoms with Gasteiger partial charge in [-0.25, -0.2) is 0 Å². The summed E-state index contributed by atoms with van der Waals surface area (Å²) in [4.78, 5) is 6.90. The third-order valence-corrected chi connectivity index (χ3v) is 4.19. The monoisotopic (exact) mass is 329 g/mol. The molecule has 1 aliphatic rings. The van der Waals surface area contributed by atoms with Crippen LogP contribution in [0.4, 0.5) is 0 Å². The Morgan fingerprint density at radius 3 is 2.75 bits per heavy atom. The molecule has 0 amide bonds. The Hall–Kier alpha value is -1.72. The van der Waals surface area contributed by atoms with Crippen molar-refractivity contribution in [3.05, 3.63) is 47.6 Å². The van der Waals surface area contributed by atoms with Crippen molar-refractivity contribution < 1.29 is 9.26 Å². The van der Waals surface area contributed by atoms with Crippen LogP contribution >= 0.6 is 0 Å². The lowest BCUT2D eigenvalue weighted by molar-refractivity contribution is 0.0667. The van der Waals surface area contributed by atoms with Crippen LogP contribution in [0.2, 0.25) is 0 Å². The van der Waals surface area contributed by atoms with Crippen LogP contribution in [0.5, 0.6) is 0 Å². The van der Waals surface area contributed by atoms with Crippen LogP contribution in [-0.2, 0) is 24.2 Å². The molecule has 1 fully saturated rings. The molecule has 1 atom stereocenters. The molecule has 5 nitrogen and oxygen atoms in total. The molecule has 0 saturated carbocycles. The van der Waals surface area contributed by atoms with Crippen molar-refractivity contribution in [3.8, 4) is 0 Å². The van der Waals surface area contributed by atoms with Crippen molar-refractivity contribution >= 4 is 0 Å². The Morgan fingerprint density at radius 1 is 1.21 bits per heavy atom. The zero-order valence-corrected chi connectivity index (χ0v) is 14.6. The summed E-state index contributed by atoms with van der Waals surface area (Å²) in [7, 11) is 0. The van der Waals surface area contributed by atoms with Gasteiger partial charge in [0.1, 0.15) is 0 Å². The average molecular weight is 329 g/mol. The van der Waals surface area contributed by atoms with E-state index in [0.717, 1.165) is 50.7 Å². The topological polar surface area (TPSA) is 51.4 Å². The summed E-state index contributed by atoms with van der Waals surface area (Å²) in [5, 5.41) is 4.16. The molecule has 24 heavy (non-hydrogen) atoms. The lowest BCUT2D eigenvalue weighted by Crippen LogP contribution is -2.31. The first-order chi connectivity index (χ1) is 11.7. The summed E-state index contributed by atoms with van der Waals surface area (Å²) in [6.45, 7) is 7.66. The highest BCUT2D eigenvalue weighted by Crippen LogP contribution is 2.17. The number of nitrogens with zero attached hydrogens (tertiary/aromatic N) is 3. The SMILES string of the molecule is CC(C)Cc1nc(CN(Cc2ccccc2)CC2CCCO2)no1. The summed E-state index contributed by atoms with van der Waals surface area (Å²) >= 11 is 0. The number of ether oxygens (including phenoxy) is 1. The second-order valence-corrected chi connectivity index (χ2v) is 6.99. The van der Waals surface area contributed by atoms with E-state index in [-0.39, 0.29) is 0 Å². The smallest absolute Gasteiger partial charge is 0.226 e. The van der Waals surface area contributed by atoms with E-state index in [1.807, 2.05) is 6.07 Å². The Balaban J connectivity index is 1.65. The molecule has 1 aromatic heterocycles. The van der Waals surface area contributed by atoms with Gasteiger partial charge in [0.05, 0.1) is 12.6 Å². The standard InChI is InChI=1S/C19H27N3O2/c1-15(2)11-19-20-18(21-24-19)14-22(13-17-9-6-10-23-17)12-16-7-4-3-5-8-16/h3-5,7-8,15,17H,6,9-14H2,1-2H3. The number of hydrogen-bond acceptors (Lipinski definition) is 5. The Labute approximate surface area is 144 Å². The van der Waals surface area contributed by atoms with Crippen molar-refractivity contribution in [1.29, 1.82) is 0 Å². The van der Waals surface area contributed by atoms with Gasteiger partial charge in [-0.15, -0.1) is 0 Å². The van der Waals surface area contributed by atoms with Gasteiger partial charge < -0.3 is 9.26 Å². The highest BCUT2D eigenvalue weighted by molar-refractivity contribution is 5.14. The van der Waals surface area contributed by atoms with Crippen LogP contribution in [0, 0.1) is 5.92 Å². The predicted molar refractivity (Wildman–Crippen MR) is 92.4 cm³/mol. The minimum atomic E-state index is 0.316. The molecule has 5 heteroatoms.